The monoisotopic (exact) mass is 318 g/mol. The first-order chi connectivity index (χ1) is 8.02. The topological polar surface area (TPSA) is 46.3 Å². The van der Waals surface area contributed by atoms with Crippen molar-refractivity contribution in [2.24, 2.45) is 5.92 Å². The Balaban J connectivity index is 2.38. The summed E-state index contributed by atoms with van der Waals surface area (Å²) in [6, 6.07) is 2.58. The van der Waals surface area contributed by atoms with E-state index in [1.165, 1.54) is 17.0 Å². The first-order valence-corrected chi connectivity index (χ1v) is 6.61. The van der Waals surface area contributed by atoms with Gasteiger partial charge in [-0.1, -0.05) is 0 Å². The van der Waals surface area contributed by atoms with Crippen molar-refractivity contribution in [3.05, 3.63) is 22.4 Å². The van der Waals surface area contributed by atoms with Crippen LogP contribution in [0.4, 0.5) is 15.8 Å². The van der Waals surface area contributed by atoms with Gasteiger partial charge in [-0.2, -0.15) is 12.6 Å². The van der Waals surface area contributed by atoms with E-state index in [4.69, 9.17) is 5.73 Å². The maximum Gasteiger partial charge on any atom is 0.227 e. The van der Waals surface area contributed by atoms with Crippen molar-refractivity contribution in [3.8, 4) is 0 Å². The summed E-state index contributed by atoms with van der Waals surface area (Å²) in [5.41, 5.74) is 6.68. The van der Waals surface area contributed by atoms with Crippen LogP contribution in [-0.2, 0) is 4.79 Å². The SMILES string of the molecule is Nc1c(Br)cc(F)cc1N1CC(CS)CC1=O. The van der Waals surface area contributed by atoms with Crippen LogP contribution in [0.3, 0.4) is 0 Å². The highest BCUT2D eigenvalue weighted by atomic mass is 79.9. The van der Waals surface area contributed by atoms with Crippen LogP contribution in [0.25, 0.3) is 0 Å². The molecular weight excluding hydrogens is 307 g/mol. The summed E-state index contributed by atoms with van der Waals surface area (Å²) in [6.45, 7) is 0.544. The van der Waals surface area contributed by atoms with E-state index in [-0.39, 0.29) is 11.8 Å². The molecule has 92 valence electrons. The van der Waals surface area contributed by atoms with E-state index in [0.717, 1.165) is 0 Å². The fourth-order valence-corrected chi connectivity index (χ4v) is 2.60. The number of hydrogen-bond donors (Lipinski definition) is 2. The minimum absolute atomic E-state index is 0.0340. The van der Waals surface area contributed by atoms with Crippen molar-refractivity contribution in [2.75, 3.05) is 22.9 Å². The van der Waals surface area contributed by atoms with E-state index in [1.54, 1.807) is 0 Å². The largest absolute Gasteiger partial charge is 0.396 e. The summed E-state index contributed by atoms with van der Waals surface area (Å²) in [4.78, 5) is 13.3. The van der Waals surface area contributed by atoms with Gasteiger partial charge in [0, 0.05) is 17.4 Å². The van der Waals surface area contributed by atoms with Crippen LogP contribution in [0.5, 0.6) is 0 Å². The van der Waals surface area contributed by atoms with Crippen LogP contribution in [0.15, 0.2) is 16.6 Å². The number of anilines is 2. The summed E-state index contributed by atoms with van der Waals surface area (Å²) in [5, 5.41) is 0. The first-order valence-electron chi connectivity index (χ1n) is 5.18. The smallest absolute Gasteiger partial charge is 0.227 e. The number of benzene rings is 1. The number of carbonyl (C=O) groups excluding carboxylic acids is 1. The second-order valence-corrected chi connectivity index (χ2v) is 5.30. The zero-order valence-corrected chi connectivity index (χ0v) is 11.5. The van der Waals surface area contributed by atoms with Gasteiger partial charge in [0.2, 0.25) is 5.91 Å². The average Bonchev–Trinajstić information content (AvgIpc) is 2.65. The lowest BCUT2D eigenvalue weighted by atomic mass is 10.1. The molecule has 6 heteroatoms. The molecule has 0 radical (unpaired) electrons. The molecule has 1 aliphatic rings. The highest BCUT2D eigenvalue weighted by Crippen LogP contribution is 2.35. The molecule has 1 heterocycles. The fourth-order valence-electron chi connectivity index (χ4n) is 1.93. The van der Waals surface area contributed by atoms with Crippen molar-refractivity contribution in [3.63, 3.8) is 0 Å². The second-order valence-electron chi connectivity index (χ2n) is 4.08. The Labute approximate surface area is 113 Å². The zero-order chi connectivity index (χ0) is 12.6. The van der Waals surface area contributed by atoms with E-state index < -0.39 is 5.82 Å². The van der Waals surface area contributed by atoms with Gasteiger partial charge in [-0.15, -0.1) is 0 Å². The number of halogens is 2. The van der Waals surface area contributed by atoms with Gasteiger partial charge in [-0.3, -0.25) is 4.79 Å². The number of rotatable bonds is 2. The molecule has 2 rings (SSSR count). The molecule has 1 saturated heterocycles. The molecule has 17 heavy (non-hydrogen) atoms. The van der Waals surface area contributed by atoms with Gasteiger partial charge >= 0.3 is 0 Å². The van der Waals surface area contributed by atoms with Crippen LogP contribution in [0, 0.1) is 11.7 Å². The highest BCUT2D eigenvalue weighted by Gasteiger charge is 2.31. The van der Waals surface area contributed by atoms with E-state index in [1.807, 2.05) is 0 Å². The predicted molar refractivity (Wildman–Crippen MR) is 72.8 cm³/mol. The Hall–Kier alpha value is -0.750. The lowest BCUT2D eigenvalue weighted by molar-refractivity contribution is -0.117. The third-order valence-electron chi connectivity index (χ3n) is 2.83. The number of hydrogen-bond acceptors (Lipinski definition) is 3. The van der Waals surface area contributed by atoms with Gasteiger partial charge < -0.3 is 10.6 Å². The molecule has 1 fully saturated rings. The van der Waals surface area contributed by atoms with Gasteiger partial charge in [0.15, 0.2) is 0 Å². The van der Waals surface area contributed by atoms with E-state index in [2.05, 4.69) is 28.6 Å². The van der Waals surface area contributed by atoms with Crippen LogP contribution >= 0.6 is 28.6 Å². The molecule has 0 saturated carbocycles. The standard InChI is InChI=1S/C11H12BrFN2OS/c12-8-2-7(13)3-9(11(8)14)15-4-6(5-17)1-10(15)16/h2-3,6,17H,1,4-5,14H2. The molecule has 0 aliphatic carbocycles. The van der Waals surface area contributed by atoms with Crippen molar-refractivity contribution in [2.45, 2.75) is 6.42 Å². The van der Waals surface area contributed by atoms with Gasteiger partial charge in [0.1, 0.15) is 5.82 Å². The number of carbonyl (C=O) groups is 1. The maximum absolute atomic E-state index is 13.3. The molecule has 1 amide bonds. The molecule has 0 spiro atoms. The third kappa shape index (κ3) is 2.42. The van der Waals surface area contributed by atoms with Gasteiger partial charge in [0.05, 0.1) is 11.4 Å². The summed E-state index contributed by atoms with van der Waals surface area (Å²) in [6.07, 6.45) is 0.442. The minimum atomic E-state index is -0.414. The van der Waals surface area contributed by atoms with E-state index in [9.17, 15) is 9.18 Å². The number of amides is 1. The Morgan fingerprint density at radius 3 is 2.88 bits per heavy atom. The quantitative estimate of drug-likeness (QED) is 0.650. The zero-order valence-electron chi connectivity index (χ0n) is 8.99. The number of nitrogens with zero attached hydrogens (tertiary/aromatic N) is 1. The lowest BCUT2D eigenvalue weighted by Gasteiger charge is -2.19. The van der Waals surface area contributed by atoms with Crippen LogP contribution in [-0.4, -0.2) is 18.2 Å². The summed E-state index contributed by atoms with van der Waals surface area (Å²) < 4.78 is 13.8. The molecule has 2 N–H and O–H groups in total. The number of nitrogens with two attached hydrogens (primary N) is 1. The van der Waals surface area contributed by atoms with Crippen molar-refractivity contribution in [1.29, 1.82) is 0 Å². The van der Waals surface area contributed by atoms with E-state index in [0.29, 0.717) is 34.6 Å². The van der Waals surface area contributed by atoms with Crippen LogP contribution in [0.1, 0.15) is 6.42 Å². The van der Waals surface area contributed by atoms with Gasteiger partial charge in [0.25, 0.3) is 0 Å². The maximum atomic E-state index is 13.3. The van der Waals surface area contributed by atoms with Crippen LogP contribution in [0.2, 0.25) is 0 Å². The number of thiol groups is 1. The lowest BCUT2D eigenvalue weighted by Crippen LogP contribution is -2.26. The Kier molecular flexibility index (Phi) is 3.63. The molecule has 1 atom stereocenters. The van der Waals surface area contributed by atoms with Crippen LogP contribution < -0.4 is 10.6 Å². The Morgan fingerprint density at radius 2 is 2.29 bits per heavy atom. The first kappa shape index (κ1) is 12.7. The van der Waals surface area contributed by atoms with Crippen molar-refractivity contribution < 1.29 is 9.18 Å². The molecule has 1 aromatic rings. The second kappa shape index (κ2) is 4.86. The summed E-state index contributed by atoms with van der Waals surface area (Å²) >= 11 is 7.36. The summed E-state index contributed by atoms with van der Waals surface area (Å²) in [7, 11) is 0. The molecule has 1 aliphatic heterocycles. The predicted octanol–water partition coefficient (Wildman–Crippen LogP) is 2.45. The Bertz CT molecular complexity index is 469. The molecule has 0 aromatic heterocycles. The van der Waals surface area contributed by atoms with E-state index >= 15 is 0 Å². The molecule has 1 unspecified atom stereocenters. The molecule has 0 bridgehead atoms. The molecular formula is C11H12BrFN2OS. The molecule has 3 nitrogen and oxygen atoms in total. The van der Waals surface area contributed by atoms with Crippen molar-refractivity contribution in [1.82, 2.24) is 0 Å². The fraction of sp³-hybridized carbons (Fsp3) is 0.364. The minimum Gasteiger partial charge on any atom is -0.396 e. The third-order valence-corrected chi connectivity index (χ3v) is 4.00. The molecule has 1 aromatic carbocycles. The highest BCUT2D eigenvalue weighted by molar-refractivity contribution is 9.10. The van der Waals surface area contributed by atoms with Gasteiger partial charge in [-0.05, 0) is 39.7 Å². The average molecular weight is 319 g/mol. The summed E-state index contributed by atoms with van der Waals surface area (Å²) in [5.74, 6) is 0.391. The number of nitrogen functional groups attached to an aromatic ring is 1. The van der Waals surface area contributed by atoms with Crippen molar-refractivity contribution >= 4 is 45.8 Å². The normalized spacial score (nSPS) is 20.1. The Morgan fingerprint density at radius 1 is 1.59 bits per heavy atom. The van der Waals surface area contributed by atoms with Gasteiger partial charge in [-0.25, -0.2) is 4.39 Å².